The molecular weight excluding hydrogens is 819 g/mol. The fourth-order valence-corrected chi connectivity index (χ4v) is 11.6. The van der Waals surface area contributed by atoms with Crippen molar-refractivity contribution in [1.82, 2.24) is 5.32 Å². The first-order chi connectivity index (χ1) is 30.3. The van der Waals surface area contributed by atoms with Crippen LogP contribution in [0.3, 0.4) is 0 Å². The van der Waals surface area contributed by atoms with E-state index in [1.165, 1.54) is 37.1 Å². The second-order valence-corrected chi connectivity index (χ2v) is 18.3. The number of hydrogen-bond acceptors (Lipinski definition) is 13. The van der Waals surface area contributed by atoms with Crippen LogP contribution < -0.4 is 5.32 Å². The number of esters is 2. The third-order valence-electron chi connectivity index (χ3n) is 14.8. The molecule has 0 spiro atoms. The maximum Gasteiger partial charge on any atom is 0.329 e. The number of carboxylic acids is 1. The van der Waals surface area contributed by atoms with Gasteiger partial charge in [0.15, 0.2) is 0 Å². The minimum absolute atomic E-state index is 0.0681. The van der Waals surface area contributed by atoms with Crippen LogP contribution in [0, 0.1) is 56.5 Å². The molecule has 63 heavy (non-hydrogen) atoms. The van der Waals surface area contributed by atoms with E-state index in [2.05, 4.69) is 36.1 Å². The molecule has 0 heterocycles. The van der Waals surface area contributed by atoms with Gasteiger partial charge in [0.25, 0.3) is 11.6 Å². The number of ether oxygens (including phenoxy) is 6. The molecule has 350 valence electrons. The van der Waals surface area contributed by atoms with Crippen LogP contribution in [-0.2, 0) is 42.8 Å². The number of non-ortho nitro benzene ring substituents is 1. The molecule has 5 rings (SSSR count). The summed E-state index contributed by atoms with van der Waals surface area (Å²) in [5.74, 6) is 0.219. The van der Waals surface area contributed by atoms with E-state index in [0.29, 0.717) is 114 Å². The van der Waals surface area contributed by atoms with E-state index in [1.54, 1.807) is 0 Å². The van der Waals surface area contributed by atoms with E-state index in [4.69, 9.17) is 34.0 Å². The fourth-order valence-electron chi connectivity index (χ4n) is 11.6. The Balaban J connectivity index is 0.995. The molecule has 4 aliphatic rings. The molecule has 0 unspecified atom stereocenters. The van der Waals surface area contributed by atoms with Gasteiger partial charge in [0.2, 0.25) is 0 Å². The molecule has 1 amide bonds. The molecule has 0 aromatic heterocycles. The van der Waals surface area contributed by atoms with E-state index < -0.39 is 35.2 Å². The second kappa shape index (κ2) is 24.1. The Morgan fingerprint density at radius 2 is 1.49 bits per heavy atom. The van der Waals surface area contributed by atoms with Gasteiger partial charge < -0.3 is 38.8 Å². The minimum Gasteiger partial charge on any atom is -0.481 e. The molecule has 1 aromatic carbocycles. The van der Waals surface area contributed by atoms with Crippen LogP contribution in [0.1, 0.15) is 108 Å². The number of carbonyl (C=O) groups is 4. The molecule has 18 heteroatoms. The number of carbonyl (C=O) groups excluding carboxylic acids is 3. The standard InChI is InChI=1S/C45H67N5O13/c1-30(4-13-41(53)62-27-26-61-25-24-60-23-22-59-21-20-58-19-18-47-49-46)36-11-12-37-35-10-7-32-28-34(14-16-44(32,2)38(35)15-17-45(36,37)3)63-43(55)39(29-40(51)52)48-42(54)31-5-8-33(9-6-31)50(56)57/h5-6,8-9,30,32,34-39H,4,7,10-29H2,1-3H3,(H,48,54)(H,51,52)/t30-,32-,34-,35+,36-,37+,38+,39+,44+,45-/m1/s1. The summed E-state index contributed by atoms with van der Waals surface area (Å²) in [5.41, 5.74) is 8.43. The quantitative estimate of drug-likeness (QED) is 0.0180. The van der Waals surface area contributed by atoms with E-state index in [0.717, 1.165) is 38.5 Å². The number of nitro groups is 1. The van der Waals surface area contributed by atoms with Crippen molar-refractivity contribution in [3.8, 4) is 0 Å². The number of amides is 1. The van der Waals surface area contributed by atoms with Gasteiger partial charge in [-0.25, -0.2) is 4.79 Å². The summed E-state index contributed by atoms with van der Waals surface area (Å²) in [6, 6.07) is 3.47. The summed E-state index contributed by atoms with van der Waals surface area (Å²) in [6.45, 7) is 11.0. The average Bonchev–Trinajstić information content (AvgIpc) is 3.62. The van der Waals surface area contributed by atoms with E-state index in [-0.39, 0.29) is 40.8 Å². The summed E-state index contributed by atoms with van der Waals surface area (Å²) in [4.78, 5) is 63.7. The van der Waals surface area contributed by atoms with Gasteiger partial charge in [0, 0.05) is 35.6 Å². The molecule has 4 saturated carbocycles. The van der Waals surface area contributed by atoms with Gasteiger partial charge in [-0.05, 0) is 128 Å². The van der Waals surface area contributed by atoms with Crippen LogP contribution in [-0.4, -0.2) is 112 Å². The highest BCUT2D eigenvalue weighted by Crippen LogP contribution is 2.68. The zero-order valence-electron chi connectivity index (χ0n) is 37.1. The Morgan fingerprint density at radius 3 is 2.13 bits per heavy atom. The van der Waals surface area contributed by atoms with Crippen LogP contribution in [0.25, 0.3) is 10.4 Å². The van der Waals surface area contributed by atoms with E-state index in [9.17, 15) is 34.4 Å². The SMILES string of the molecule is C[C@H](CCC(=O)OCCOCCOCCOCCOCCN=[N+]=[N-])[C@H]1CC[C@H]2[C@@H]3CC[C@@H]4C[C@H](OC(=O)[C@H](CC(=O)O)NC(=O)c5ccc([N+](=O)[O-])cc5)CC[C@]4(C)[C@H]3CC[C@]12C. The van der Waals surface area contributed by atoms with Crippen molar-refractivity contribution < 1.29 is 57.6 Å². The van der Waals surface area contributed by atoms with Crippen LogP contribution in [0.15, 0.2) is 29.4 Å². The van der Waals surface area contributed by atoms with Crippen molar-refractivity contribution in [3.63, 3.8) is 0 Å². The number of carboxylic acid groups (broad SMARTS) is 1. The number of hydrogen-bond donors (Lipinski definition) is 2. The number of azide groups is 1. The zero-order valence-corrected chi connectivity index (χ0v) is 37.1. The zero-order chi connectivity index (χ0) is 45.4. The van der Waals surface area contributed by atoms with Gasteiger partial charge >= 0.3 is 17.9 Å². The first-order valence-corrected chi connectivity index (χ1v) is 22.7. The predicted octanol–water partition coefficient (Wildman–Crippen LogP) is 7.07. The van der Waals surface area contributed by atoms with Crippen molar-refractivity contribution in [1.29, 1.82) is 0 Å². The minimum atomic E-state index is -1.40. The van der Waals surface area contributed by atoms with Crippen molar-refractivity contribution >= 4 is 29.5 Å². The summed E-state index contributed by atoms with van der Waals surface area (Å²) in [5, 5.41) is 26.4. The predicted molar refractivity (Wildman–Crippen MR) is 228 cm³/mol. The smallest absolute Gasteiger partial charge is 0.329 e. The highest BCUT2D eigenvalue weighted by Gasteiger charge is 2.60. The van der Waals surface area contributed by atoms with Gasteiger partial charge in [-0.1, -0.05) is 25.9 Å². The summed E-state index contributed by atoms with van der Waals surface area (Å²) in [6.07, 6.45) is 9.35. The Kier molecular flexibility index (Phi) is 19.0. The maximum atomic E-state index is 13.4. The number of aliphatic carboxylic acids is 1. The maximum absolute atomic E-state index is 13.4. The van der Waals surface area contributed by atoms with Crippen molar-refractivity contribution in [2.45, 2.75) is 110 Å². The first kappa shape index (κ1) is 49.7. The number of fused-ring (bicyclic) bond motifs is 5. The Hall–Kier alpha value is -4.35. The van der Waals surface area contributed by atoms with Crippen molar-refractivity contribution in [2.75, 3.05) is 66.0 Å². The molecule has 0 aliphatic heterocycles. The molecule has 10 atom stereocenters. The Bertz CT molecular complexity index is 1740. The largest absolute Gasteiger partial charge is 0.481 e. The van der Waals surface area contributed by atoms with Crippen LogP contribution >= 0.6 is 0 Å². The summed E-state index contributed by atoms with van der Waals surface area (Å²) < 4.78 is 33.1. The van der Waals surface area contributed by atoms with Crippen LogP contribution in [0.4, 0.5) is 5.69 Å². The highest BCUT2D eigenvalue weighted by molar-refractivity contribution is 5.97. The summed E-state index contributed by atoms with van der Waals surface area (Å²) in [7, 11) is 0. The molecule has 4 fully saturated rings. The molecule has 0 radical (unpaired) electrons. The molecule has 1 aromatic rings. The first-order valence-electron chi connectivity index (χ1n) is 22.7. The number of rotatable bonds is 26. The number of nitrogens with zero attached hydrogens (tertiary/aromatic N) is 4. The van der Waals surface area contributed by atoms with Crippen molar-refractivity contribution in [2.24, 2.45) is 51.5 Å². The highest BCUT2D eigenvalue weighted by atomic mass is 16.6. The lowest BCUT2D eigenvalue weighted by atomic mass is 9.44. The normalized spacial score (nSPS) is 28.2. The number of nitro benzene ring substituents is 1. The lowest BCUT2D eigenvalue weighted by molar-refractivity contribution is -0.384. The fraction of sp³-hybridized carbons (Fsp3) is 0.778. The number of nitrogens with one attached hydrogen (secondary N) is 1. The molecule has 4 aliphatic carbocycles. The monoisotopic (exact) mass is 885 g/mol. The van der Waals surface area contributed by atoms with Crippen LogP contribution in [0.5, 0.6) is 0 Å². The molecule has 0 bridgehead atoms. The summed E-state index contributed by atoms with van der Waals surface area (Å²) >= 11 is 0. The topological polar surface area (TPSA) is 248 Å². The molecule has 0 saturated heterocycles. The van der Waals surface area contributed by atoms with Gasteiger partial charge in [-0.15, -0.1) is 0 Å². The second-order valence-electron chi connectivity index (χ2n) is 18.3. The average molecular weight is 886 g/mol. The Morgan fingerprint density at radius 1 is 0.873 bits per heavy atom. The molecule has 2 N–H and O–H groups in total. The number of benzene rings is 1. The Labute approximate surface area is 369 Å². The van der Waals surface area contributed by atoms with Gasteiger partial charge in [-0.2, -0.15) is 0 Å². The van der Waals surface area contributed by atoms with E-state index >= 15 is 0 Å². The lowest BCUT2D eigenvalue weighted by Crippen LogP contribution is -2.54. The third-order valence-corrected chi connectivity index (χ3v) is 14.8. The van der Waals surface area contributed by atoms with E-state index in [1.807, 2.05) is 0 Å². The van der Waals surface area contributed by atoms with Crippen LogP contribution in [0.2, 0.25) is 0 Å². The van der Waals surface area contributed by atoms with Crippen molar-refractivity contribution in [3.05, 3.63) is 50.4 Å². The lowest BCUT2D eigenvalue weighted by Gasteiger charge is -2.61. The molecule has 18 nitrogen and oxygen atoms in total. The van der Waals surface area contributed by atoms with Gasteiger partial charge in [0.1, 0.15) is 18.8 Å². The molecular formula is C45H67N5O13. The van der Waals surface area contributed by atoms with Gasteiger partial charge in [0.05, 0.1) is 64.2 Å². The van der Waals surface area contributed by atoms with Gasteiger partial charge in [-0.3, -0.25) is 24.5 Å². The third kappa shape index (κ3) is 13.6.